The first-order valence-corrected chi connectivity index (χ1v) is 5.50. The Labute approximate surface area is 94.1 Å². The van der Waals surface area contributed by atoms with Crippen molar-refractivity contribution in [3.63, 3.8) is 0 Å². The van der Waals surface area contributed by atoms with Crippen molar-refractivity contribution in [1.82, 2.24) is 15.5 Å². The molecule has 15 heavy (non-hydrogen) atoms. The fourth-order valence-corrected chi connectivity index (χ4v) is 1.72. The molecule has 0 bridgehead atoms. The molecule has 0 aromatic heterocycles. The Balaban J connectivity index is 2.21. The Morgan fingerprint density at radius 2 is 2.27 bits per heavy atom. The number of nitrogens with one attached hydrogen (secondary N) is 2. The number of amides is 3. The lowest BCUT2D eigenvalue weighted by Gasteiger charge is -2.12. The average Bonchev–Trinajstić information content (AvgIpc) is 2.51. The molecule has 1 aliphatic heterocycles. The van der Waals surface area contributed by atoms with Crippen molar-refractivity contribution in [1.29, 1.82) is 0 Å². The van der Waals surface area contributed by atoms with Crippen molar-refractivity contribution in [3.05, 3.63) is 0 Å². The van der Waals surface area contributed by atoms with E-state index >= 15 is 0 Å². The molecule has 3 amide bonds. The Kier molecular flexibility index (Phi) is 4.84. The minimum Gasteiger partial charge on any atom is -0.334 e. The lowest BCUT2D eigenvalue weighted by molar-refractivity contribution is -0.119. The predicted molar refractivity (Wildman–Crippen MR) is 57.9 cm³/mol. The third kappa shape index (κ3) is 4.48. The quantitative estimate of drug-likeness (QED) is 0.682. The Hall–Kier alpha value is -0.810. The summed E-state index contributed by atoms with van der Waals surface area (Å²) in [5.41, 5.74) is 0. The van der Waals surface area contributed by atoms with Crippen molar-refractivity contribution >= 4 is 23.5 Å². The second kappa shape index (κ2) is 5.92. The van der Waals surface area contributed by atoms with Crippen LogP contribution >= 0.6 is 11.6 Å². The van der Waals surface area contributed by atoms with Gasteiger partial charge in [0.05, 0.1) is 0 Å². The van der Waals surface area contributed by atoms with Gasteiger partial charge in [-0.25, -0.2) is 4.79 Å². The van der Waals surface area contributed by atoms with Crippen LogP contribution in [0.15, 0.2) is 0 Å². The molecule has 6 heteroatoms. The maximum atomic E-state index is 11.3. The van der Waals surface area contributed by atoms with Crippen molar-refractivity contribution in [2.24, 2.45) is 0 Å². The number of carbonyl (C=O) groups is 2. The van der Waals surface area contributed by atoms with Gasteiger partial charge < -0.3 is 10.2 Å². The van der Waals surface area contributed by atoms with Gasteiger partial charge in [-0.3, -0.25) is 10.1 Å². The van der Waals surface area contributed by atoms with Crippen molar-refractivity contribution in [3.8, 4) is 0 Å². The topological polar surface area (TPSA) is 61.4 Å². The van der Waals surface area contributed by atoms with E-state index in [1.165, 1.54) is 0 Å². The van der Waals surface area contributed by atoms with E-state index in [2.05, 4.69) is 15.5 Å². The van der Waals surface area contributed by atoms with E-state index in [1.807, 2.05) is 7.05 Å². The number of rotatable bonds is 3. The van der Waals surface area contributed by atoms with E-state index < -0.39 is 6.03 Å². The van der Waals surface area contributed by atoms with Crippen LogP contribution < -0.4 is 10.6 Å². The molecule has 1 rings (SSSR count). The molecule has 1 unspecified atom stereocenters. The van der Waals surface area contributed by atoms with Gasteiger partial charge in [-0.05, 0) is 20.0 Å². The molecular weight excluding hydrogens is 218 g/mol. The van der Waals surface area contributed by atoms with E-state index in [9.17, 15) is 9.59 Å². The summed E-state index contributed by atoms with van der Waals surface area (Å²) in [5.74, 6) is -0.112. The molecule has 1 aliphatic rings. The minimum atomic E-state index is -0.426. The van der Waals surface area contributed by atoms with Crippen LogP contribution in [0.2, 0.25) is 0 Å². The molecule has 0 saturated carbocycles. The van der Waals surface area contributed by atoms with Gasteiger partial charge in [0.1, 0.15) is 0 Å². The third-order valence-corrected chi connectivity index (χ3v) is 2.49. The highest BCUT2D eigenvalue weighted by Gasteiger charge is 2.21. The van der Waals surface area contributed by atoms with E-state index in [1.54, 1.807) is 0 Å². The number of alkyl halides is 1. The van der Waals surface area contributed by atoms with Crippen molar-refractivity contribution in [2.45, 2.75) is 18.9 Å². The first kappa shape index (κ1) is 12.3. The minimum absolute atomic E-state index is 0.138. The summed E-state index contributed by atoms with van der Waals surface area (Å²) in [6.07, 6.45) is 1.09. The van der Waals surface area contributed by atoms with Crippen LogP contribution in [0.3, 0.4) is 0 Å². The van der Waals surface area contributed by atoms with Gasteiger partial charge in [-0.15, -0.1) is 11.6 Å². The number of urea groups is 1. The van der Waals surface area contributed by atoms with Crippen LogP contribution in [0.1, 0.15) is 12.8 Å². The molecule has 0 aromatic rings. The van der Waals surface area contributed by atoms with E-state index in [0.717, 1.165) is 19.5 Å². The monoisotopic (exact) mass is 233 g/mol. The molecule has 0 aromatic carbocycles. The number of nitrogens with zero attached hydrogens (tertiary/aromatic N) is 1. The molecule has 5 nitrogen and oxygen atoms in total. The fourth-order valence-electron chi connectivity index (χ4n) is 1.55. The molecule has 1 fully saturated rings. The van der Waals surface area contributed by atoms with Gasteiger partial charge in [-0.2, -0.15) is 0 Å². The Morgan fingerprint density at radius 3 is 2.80 bits per heavy atom. The molecule has 2 N–H and O–H groups in total. The number of hydrogen-bond donors (Lipinski definition) is 2. The van der Waals surface area contributed by atoms with Crippen LogP contribution in [0.25, 0.3) is 0 Å². The van der Waals surface area contributed by atoms with E-state index in [0.29, 0.717) is 0 Å². The summed E-state index contributed by atoms with van der Waals surface area (Å²) in [7, 11) is 2.00. The normalized spacial score (nSPS) is 21.3. The maximum absolute atomic E-state index is 11.3. The van der Waals surface area contributed by atoms with Crippen LogP contribution in [-0.4, -0.2) is 48.9 Å². The third-order valence-electron chi connectivity index (χ3n) is 2.30. The lowest BCUT2D eigenvalue weighted by Crippen LogP contribution is -2.45. The summed E-state index contributed by atoms with van der Waals surface area (Å²) in [4.78, 5) is 24.4. The second-order valence-corrected chi connectivity index (χ2v) is 4.09. The van der Waals surface area contributed by atoms with Gasteiger partial charge in [-0.1, -0.05) is 0 Å². The number of hydrogen-bond acceptors (Lipinski definition) is 3. The standard InChI is InChI=1S/C9H16ClN3O2/c1-13-5-3-7(6-13)11-9(15)12-8(14)2-4-10/h7H,2-6H2,1H3,(H2,11,12,14,15). The second-order valence-electron chi connectivity index (χ2n) is 3.71. The summed E-state index contributed by atoms with van der Waals surface area (Å²) in [5, 5.41) is 4.97. The van der Waals surface area contributed by atoms with Gasteiger partial charge in [0.2, 0.25) is 5.91 Å². The maximum Gasteiger partial charge on any atom is 0.321 e. The Morgan fingerprint density at radius 1 is 1.53 bits per heavy atom. The van der Waals surface area contributed by atoms with Crippen LogP contribution in [0, 0.1) is 0 Å². The molecular formula is C9H16ClN3O2. The smallest absolute Gasteiger partial charge is 0.321 e. The molecule has 1 atom stereocenters. The summed E-state index contributed by atoms with van der Waals surface area (Å²) in [6.45, 7) is 1.80. The van der Waals surface area contributed by atoms with Gasteiger partial charge in [0.15, 0.2) is 0 Å². The fraction of sp³-hybridized carbons (Fsp3) is 0.778. The molecule has 86 valence electrons. The van der Waals surface area contributed by atoms with Gasteiger partial charge in [0.25, 0.3) is 0 Å². The zero-order chi connectivity index (χ0) is 11.3. The summed E-state index contributed by atoms with van der Waals surface area (Å²) >= 11 is 5.37. The lowest BCUT2D eigenvalue weighted by atomic mass is 10.3. The van der Waals surface area contributed by atoms with Crippen LogP contribution in [0.5, 0.6) is 0 Å². The summed E-state index contributed by atoms with van der Waals surface area (Å²) < 4.78 is 0. The summed E-state index contributed by atoms with van der Waals surface area (Å²) in [6, 6.07) is -0.288. The van der Waals surface area contributed by atoms with Gasteiger partial charge >= 0.3 is 6.03 Å². The molecule has 0 radical (unpaired) electrons. The number of likely N-dealkylation sites (tertiary alicyclic amines) is 1. The average molecular weight is 234 g/mol. The first-order chi connectivity index (χ1) is 7.11. The van der Waals surface area contributed by atoms with Gasteiger partial charge in [0, 0.05) is 24.9 Å². The highest BCUT2D eigenvalue weighted by Crippen LogP contribution is 2.05. The highest BCUT2D eigenvalue weighted by atomic mass is 35.5. The van der Waals surface area contributed by atoms with Crippen molar-refractivity contribution < 1.29 is 9.59 Å². The Bertz CT molecular complexity index is 248. The number of likely N-dealkylation sites (N-methyl/N-ethyl adjacent to an activating group) is 1. The predicted octanol–water partition coefficient (Wildman–Crippen LogP) is 0.145. The molecule has 1 saturated heterocycles. The number of halogens is 1. The largest absolute Gasteiger partial charge is 0.334 e. The zero-order valence-corrected chi connectivity index (χ0v) is 9.51. The number of carbonyl (C=O) groups excluding carboxylic acids is 2. The molecule has 0 aliphatic carbocycles. The van der Waals surface area contributed by atoms with Crippen molar-refractivity contribution in [2.75, 3.05) is 26.0 Å². The van der Waals surface area contributed by atoms with Crippen LogP contribution in [-0.2, 0) is 4.79 Å². The first-order valence-electron chi connectivity index (χ1n) is 4.96. The highest BCUT2D eigenvalue weighted by molar-refractivity contribution is 6.19. The zero-order valence-electron chi connectivity index (χ0n) is 8.75. The van der Waals surface area contributed by atoms with E-state index in [4.69, 9.17) is 11.6 Å². The number of imide groups is 1. The van der Waals surface area contributed by atoms with E-state index in [-0.39, 0.29) is 24.2 Å². The molecule has 0 spiro atoms. The van der Waals surface area contributed by atoms with Crippen LogP contribution in [0.4, 0.5) is 4.79 Å². The SMILES string of the molecule is CN1CCC(NC(=O)NC(=O)CCCl)C1. The molecule has 1 heterocycles.